The van der Waals surface area contributed by atoms with E-state index in [1.54, 1.807) is 31.4 Å². The van der Waals surface area contributed by atoms with Crippen molar-refractivity contribution in [2.45, 2.75) is 13.0 Å². The second kappa shape index (κ2) is 5.95. The van der Waals surface area contributed by atoms with Crippen LogP contribution in [0.25, 0.3) is 0 Å². The molecule has 0 amide bonds. The monoisotopic (exact) mass is 340 g/mol. The van der Waals surface area contributed by atoms with Crippen LogP contribution in [0.15, 0.2) is 40.9 Å². The molecule has 100 valence electrons. The van der Waals surface area contributed by atoms with Gasteiger partial charge in [0.1, 0.15) is 11.9 Å². The third-order valence-corrected chi connectivity index (χ3v) is 4.10. The molecule has 1 unspecified atom stereocenters. The maximum absolute atomic E-state index is 10.5. The molecule has 1 atom stereocenters. The zero-order chi connectivity index (χ0) is 14.0. The van der Waals surface area contributed by atoms with Crippen molar-refractivity contribution < 1.29 is 9.84 Å². The fourth-order valence-electron chi connectivity index (χ4n) is 1.89. The minimum Gasteiger partial charge on any atom is -0.496 e. The number of methoxy groups -OCH3 is 1. The highest BCUT2D eigenvalue weighted by Gasteiger charge is 2.17. The van der Waals surface area contributed by atoms with Crippen molar-refractivity contribution in [1.29, 1.82) is 0 Å². The molecule has 2 aromatic rings. The summed E-state index contributed by atoms with van der Waals surface area (Å²) in [6.07, 6.45) is -0.746. The van der Waals surface area contributed by atoms with E-state index in [0.29, 0.717) is 10.8 Å². The number of aryl methyl sites for hydroxylation is 1. The van der Waals surface area contributed by atoms with Crippen molar-refractivity contribution in [2.75, 3.05) is 7.11 Å². The lowest BCUT2D eigenvalue weighted by molar-refractivity contribution is 0.214. The molecule has 19 heavy (non-hydrogen) atoms. The van der Waals surface area contributed by atoms with E-state index < -0.39 is 6.10 Å². The van der Waals surface area contributed by atoms with Crippen LogP contribution in [0.1, 0.15) is 22.8 Å². The maximum atomic E-state index is 10.5. The first kappa shape index (κ1) is 14.4. The normalized spacial score (nSPS) is 12.3. The number of rotatable bonds is 3. The molecular formula is C15H14BrClO2. The zero-order valence-corrected chi connectivity index (χ0v) is 13.0. The molecule has 0 radical (unpaired) electrons. The third-order valence-electron chi connectivity index (χ3n) is 2.99. The van der Waals surface area contributed by atoms with Crippen LogP contribution in [-0.2, 0) is 0 Å². The van der Waals surface area contributed by atoms with Gasteiger partial charge in [0.15, 0.2) is 0 Å². The van der Waals surface area contributed by atoms with Gasteiger partial charge in [-0.3, -0.25) is 0 Å². The second-order valence-corrected chi connectivity index (χ2v) is 5.59. The average molecular weight is 342 g/mol. The highest BCUT2D eigenvalue weighted by molar-refractivity contribution is 9.10. The number of aliphatic hydroxyl groups excluding tert-OH is 1. The minimum atomic E-state index is -0.746. The lowest BCUT2D eigenvalue weighted by atomic mass is 9.99. The van der Waals surface area contributed by atoms with E-state index in [0.717, 1.165) is 21.2 Å². The van der Waals surface area contributed by atoms with Gasteiger partial charge in [0.05, 0.1) is 7.11 Å². The fourth-order valence-corrected chi connectivity index (χ4v) is 2.37. The molecule has 2 rings (SSSR count). The topological polar surface area (TPSA) is 29.5 Å². The van der Waals surface area contributed by atoms with Gasteiger partial charge >= 0.3 is 0 Å². The van der Waals surface area contributed by atoms with Crippen LogP contribution >= 0.6 is 27.5 Å². The van der Waals surface area contributed by atoms with E-state index in [9.17, 15) is 5.11 Å². The van der Waals surface area contributed by atoms with Crippen LogP contribution in [0.4, 0.5) is 0 Å². The van der Waals surface area contributed by atoms with Crippen LogP contribution in [0.2, 0.25) is 5.02 Å². The number of ether oxygens (including phenoxy) is 1. The minimum absolute atomic E-state index is 0.646. The van der Waals surface area contributed by atoms with Crippen molar-refractivity contribution >= 4 is 27.5 Å². The molecule has 0 bridgehead atoms. The second-order valence-electron chi connectivity index (χ2n) is 4.30. The Morgan fingerprint density at radius 3 is 2.42 bits per heavy atom. The van der Waals surface area contributed by atoms with Gasteiger partial charge in [-0.25, -0.2) is 0 Å². The van der Waals surface area contributed by atoms with Crippen molar-refractivity contribution in [3.63, 3.8) is 0 Å². The van der Waals surface area contributed by atoms with Gasteiger partial charge in [0.2, 0.25) is 0 Å². The van der Waals surface area contributed by atoms with E-state index in [-0.39, 0.29) is 0 Å². The Kier molecular flexibility index (Phi) is 4.50. The molecule has 1 N–H and O–H groups in total. The first-order chi connectivity index (χ1) is 9.02. The molecule has 0 spiro atoms. The number of halogens is 2. The summed E-state index contributed by atoms with van der Waals surface area (Å²) in [5, 5.41) is 11.1. The summed E-state index contributed by atoms with van der Waals surface area (Å²) in [7, 11) is 1.60. The standard InChI is InChI=1S/C15H14BrClO2/c1-9-7-14(19-2)12(8-13(9)16)15(18)10-3-5-11(17)6-4-10/h3-8,15,18H,1-2H3. The molecule has 2 aromatic carbocycles. The molecule has 0 saturated carbocycles. The zero-order valence-electron chi connectivity index (χ0n) is 10.7. The van der Waals surface area contributed by atoms with Gasteiger partial charge in [-0.15, -0.1) is 0 Å². The summed E-state index contributed by atoms with van der Waals surface area (Å²) in [6, 6.07) is 10.9. The van der Waals surface area contributed by atoms with Crippen molar-refractivity contribution in [3.8, 4) is 5.75 Å². The Bertz CT molecular complexity index is 581. The summed E-state index contributed by atoms with van der Waals surface area (Å²) >= 11 is 9.33. The van der Waals surface area contributed by atoms with Crippen molar-refractivity contribution in [2.24, 2.45) is 0 Å². The highest BCUT2D eigenvalue weighted by Crippen LogP contribution is 2.34. The Balaban J connectivity index is 2.45. The van der Waals surface area contributed by atoms with Gasteiger partial charge in [-0.05, 0) is 42.3 Å². The molecule has 0 aliphatic carbocycles. The van der Waals surface area contributed by atoms with Gasteiger partial charge in [0.25, 0.3) is 0 Å². The summed E-state index contributed by atoms with van der Waals surface area (Å²) in [4.78, 5) is 0. The van der Waals surface area contributed by atoms with Crippen LogP contribution < -0.4 is 4.74 Å². The first-order valence-electron chi connectivity index (χ1n) is 5.80. The molecule has 0 aromatic heterocycles. The number of hydrogen-bond acceptors (Lipinski definition) is 2. The SMILES string of the molecule is COc1cc(C)c(Br)cc1C(O)c1ccc(Cl)cc1. The molecule has 0 aliphatic rings. The van der Waals surface area contributed by atoms with Gasteiger partial charge in [0, 0.05) is 15.1 Å². The Morgan fingerprint density at radius 1 is 1.21 bits per heavy atom. The van der Waals surface area contributed by atoms with Gasteiger partial charge < -0.3 is 9.84 Å². The summed E-state index contributed by atoms with van der Waals surface area (Å²) in [6.45, 7) is 1.98. The van der Waals surface area contributed by atoms with E-state index in [4.69, 9.17) is 16.3 Å². The highest BCUT2D eigenvalue weighted by atomic mass is 79.9. The van der Waals surface area contributed by atoms with Crippen LogP contribution in [-0.4, -0.2) is 12.2 Å². The Labute approximate surface area is 126 Å². The quantitative estimate of drug-likeness (QED) is 0.890. The lowest BCUT2D eigenvalue weighted by Crippen LogP contribution is -2.03. The molecule has 0 aliphatic heterocycles. The predicted molar refractivity (Wildman–Crippen MR) is 80.9 cm³/mol. The van der Waals surface area contributed by atoms with Crippen LogP contribution in [0.5, 0.6) is 5.75 Å². The van der Waals surface area contributed by atoms with Crippen LogP contribution in [0, 0.1) is 6.92 Å². The third kappa shape index (κ3) is 3.11. The van der Waals surface area contributed by atoms with Gasteiger partial charge in [-0.1, -0.05) is 39.7 Å². The molecule has 0 saturated heterocycles. The largest absolute Gasteiger partial charge is 0.496 e. The first-order valence-corrected chi connectivity index (χ1v) is 6.97. The predicted octanol–water partition coefficient (Wildman–Crippen LogP) is 4.50. The maximum Gasteiger partial charge on any atom is 0.125 e. The van der Waals surface area contributed by atoms with E-state index in [1.165, 1.54) is 0 Å². The average Bonchev–Trinajstić information content (AvgIpc) is 2.41. The number of hydrogen-bond donors (Lipinski definition) is 1. The Hall–Kier alpha value is -1.03. The molecular weight excluding hydrogens is 328 g/mol. The molecule has 0 heterocycles. The van der Waals surface area contributed by atoms with E-state index in [1.807, 2.05) is 19.1 Å². The Morgan fingerprint density at radius 2 is 1.84 bits per heavy atom. The summed E-state index contributed by atoms with van der Waals surface area (Å²) in [5.74, 6) is 0.670. The van der Waals surface area contributed by atoms with E-state index in [2.05, 4.69) is 15.9 Å². The van der Waals surface area contributed by atoms with Gasteiger partial charge in [-0.2, -0.15) is 0 Å². The number of benzene rings is 2. The van der Waals surface area contributed by atoms with Crippen molar-refractivity contribution in [3.05, 3.63) is 62.6 Å². The van der Waals surface area contributed by atoms with Crippen LogP contribution in [0.3, 0.4) is 0 Å². The van der Waals surface area contributed by atoms with Crippen molar-refractivity contribution in [1.82, 2.24) is 0 Å². The number of aliphatic hydroxyl groups is 1. The molecule has 4 heteroatoms. The summed E-state index contributed by atoms with van der Waals surface area (Å²) in [5.41, 5.74) is 2.56. The smallest absolute Gasteiger partial charge is 0.125 e. The molecule has 0 fully saturated rings. The fraction of sp³-hybridized carbons (Fsp3) is 0.200. The molecule has 2 nitrogen and oxygen atoms in total. The van der Waals surface area contributed by atoms with E-state index >= 15 is 0 Å². The summed E-state index contributed by atoms with van der Waals surface area (Å²) < 4.78 is 6.28. The lowest BCUT2D eigenvalue weighted by Gasteiger charge is -2.17.